The molecule has 0 radical (unpaired) electrons. The Morgan fingerprint density at radius 2 is 1.96 bits per heavy atom. The number of aryl methyl sites for hydroxylation is 1. The number of fused-ring (bicyclic) bond motifs is 1. The number of rotatable bonds is 5. The van der Waals surface area contributed by atoms with E-state index >= 15 is 0 Å². The number of hydrogen-bond donors (Lipinski definition) is 0. The molecule has 2 saturated heterocycles. The molecule has 1 amide bonds. The first kappa shape index (κ1) is 17.7. The Kier molecular flexibility index (Phi) is 5.71. The number of likely N-dealkylation sites (tertiary alicyclic amines) is 2. The van der Waals surface area contributed by atoms with E-state index in [4.69, 9.17) is 0 Å². The van der Waals surface area contributed by atoms with Crippen LogP contribution in [0.2, 0.25) is 0 Å². The van der Waals surface area contributed by atoms with Crippen LogP contribution in [0.5, 0.6) is 0 Å². The second-order valence-electron chi connectivity index (χ2n) is 7.64. The molecular formula is C22H28N2OS. The Morgan fingerprint density at radius 3 is 2.77 bits per heavy atom. The Hall–Kier alpha value is -1.65. The van der Waals surface area contributed by atoms with Crippen molar-refractivity contribution in [3.63, 3.8) is 0 Å². The van der Waals surface area contributed by atoms with Crippen LogP contribution in [0.15, 0.2) is 47.8 Å². The fourth-order valence-electron chi connectivity index (χ4n) is 4.57. The molecule has 0 N–H and O–H groups in total. The standard InChI is InChI=1S/C22H28N2OS/c25-22(21-12-7-15-26-21)24-16-19-11-4-5-13-23(20(19)17-24)14-6-10-18-8-2-1-3-9-18/h1-3,7-9,12,15,19-20H,4-6,10-11,13-14,16-17H2/t19-,20+/m0/s1. The number of thiophene rings is 1. The average Bonchev–Trinajstić information content (AvgIpc) is 3.31. The molecule has 3 heterocycles. The molecule has 0 aliphatic carbocycles. The highest BCUT2D eigenvalue weighted by Gasteiger charge is 2.39. The van der Waals surface area contributed by atoms with Gasteiger partial charge in [0.2, 0.25) is 0 Å². The minimum absolute atomic E-state index is 0.234. The van der Waals surface area contributed by atoms with Gasteiger partial charge in [-0.3, -0.25) is 9.69 Å². The van der Waals surface area contributed by atoms with E-state index in [-0.39, 0.29) is 5.91 Å². The molecule has 2 fully saturated rings. The minimum atomic E-state index is 0.234. The monoisotopic (exact) mass is 368 g/mol. The summed E-state index contributed by atoms with van der Waals surface area (Å²) in [6.07, 6.45) is 6.22. The predicted octanol–water partition coefficient (Wildman–Crippen LogP) is 4.31. The molecule has 0 saturated carbocycles. The first-order chi connectivity index (χ1) is 12.8. The summed E-state index contributed by atoms with van der Waals surface area (Å²) in [5, 5.41) is 2.00. The lowest BCUT2D eigenvalue weighted by Crippen LogP contribution is -2.41. The van der Waals surface area contributed by atoms with Gasteiger partial charge in [-0.05, 0) is 61.7 Å². The Balaban J connectivity index is 1.37. The molecule has 0 bridgehead atoms. The maximum Gasteiger partial charge on any atom is 0.263 e. The number of carbonyl (C=O) groups is 1. The lowest BCUT2D eigenvalue weighted by molar-refractivity contribution is 0.0779. The summed E-state index contributed by atoms with van der Waals surface area (Å²) in [7, 11) is 0. The summed E-state index contributed by atoms with van der Waals surface area (Å²) in [6.45, 7) is 4.19. The molecule has 0 unspecified atom stereocenters. The highest BCUT2D eigenvalue weighted by molar-refractivity contribution is 7.12. The van der Waals surface area contributed by atoms with Gasteiger partial charge in [-0.2, -0.15) is 0 Å². The smallest absolute Gasteiger partial charge is 0.263 e. The largest absolute Gasteiger partial charge is 0.336 e. The molecule has 3 nitrogen and oxygen atoms in total. The van der Waals surface area contributed by atoms with Gasteiger partial charge in [-0.1, -0.05) is 42.8 Å². The number of hydrogen-bond acceptors (Lipinski definition) is 3. The van der Waals surface area contributed by atoms with Gasteiger partial charge in [-0.25, -0.2) is 0 Å². The van der Waals surface area contributed by atoms with Crippen molar-refractivity contribution in [2.75, 3.05) is 26.2 Å². The van der Waals surface area contributed by atoms with E-state index in [1.807, 2.05) is 17.5 Å². The van der Waals surface area contributed by atoms with Crippen molar-refractivity contribution in [2.24, 2.45) is 5.92 Å². The lowest BCUT2D eigenvalue weighted by atomic mass is 9.98. The van der Waals surface area contributed by atoms with E-state index in [2.05, 4.69) is 40.1 Å². The molecule has 2 atom stereocenters. The molecule has 0 spiro atoms. The third-order valence-corrected chi connectivity index (χ3v) is 6.78. The third-order valence-electron chi connectivity index (χ3n) is 5.92. The normalized spacial score (nSPS) is 23.6. The second kappa shape index (κ2) is 8.36. The minimum Gasteiger partial charge on any atom is -0.336 e. The summed E-state index contributed by atoms with van der Waals surface area (Å²) < 4.78 is 0. The van der Waals surface area contributed by atoms with Gasteiger partial charge < -0.3 is 4.90 Å². The maximum absolute atomic E-state index is 12.8. The quantitative estimate of drug-likeness (QED) is 0.785. The van der Waals surface area contributed by atoms with Crippen molar-refractivity contribution < 1.29 is 4.79 Å². The van der Waals surface area contributed by atoms with Gasteiger partial charge in [0.25, 0.3) is 5.91 Å². The SMILES string of the molecule is O=C(c1cccs1)N1C[C@@H]2CCCCN(CCCc3ccccc3)[C@@H]2C1. The molecule has 2 aliphatic heterocycles. The van der Waals surface area contributed by atoms with Crippen molar-refractivity contribution in [3.8, 4) is 0 Å². The van der Waals surface area contributed by atoms with Crippen molar-refractivity contribution in [1.82, 2.24) is 9.80 Å². The third kappa shape index (κ3) is 4.02. The van der Waals surface area contributed by atoms with Gasteiger partial charge in [0.05, 0.1) is 4.88 Å². The molecule has 4 rings (SSSR count). The maximum atomic E-state index is 12.8. The molecular weight excluding hydrogens is 340 g/mol. The second-order valence-corrected chi connectivity index (χ2v) is 8.58. The van der Waals surface area contributed by atoms with Crippen LogP contribution in [0.1, 0.15) is 40.9 Å². The van der Waals surface area contributed by atoms with Crippen molar-refractivity contribution >= 4 is 17.2 Å². The molecule has 1 aromatic heterocycles. The predicted molar refractivity (Wildman–Crippen MR) is 108 cm³/mol. The van der Waals surface area contributed by atoms with Crippen LogP contribution in [-0.2, 0) is 6.42 Å². The molecule has 138 valence electrons. The zero-order chi connectivity index (χ0) is 17.8. The Morgan fingerprint density at radius 1 is 1.08 bits per heavy atom. The van der Waals surface area contributed by atoms with Crippen LogP contribution in [0, 0.1) is 5.92 Å². The van der Waals surface area contributed by atoms with Crippen LogP contribution < -0.4 is 0 Å². The summed E-state index contributed by atoms with van der Waals surface area (Å²) in [6, 6.07) is 15.3. The average molecular weight is 369 g/mol. The van der Waals surface area contributed by atoms with Crippen molar-refractivity contribution in [1.29, 1.82) is 0 Å². The fraction of sp³-hybridized carbons (Fsp3) is 0.500. The molecule has 2 aliphatic rings. The first-order valence-electron chi connectivity index (χ1n) is 9.92. The van der Waals surface area contributed by atoms with Crippen molar-refractivity contribution in [2.45, 2.75) is 38.1 Å². The van der Waals surface area contributed by atoms with E-state index in [9.17, 15) is 4.79 Å². The van der Waals surface area contributed by atoms with Crippen molar-refractivity contribution in [3.05, 3.63) is 58.3 Å². The summed E-state index contributed by atoms with van der Waals surface area (Å²) in [5.74, 6) is 0.885. The van der Waals surface area contributed by atoms with E-state index < -0.39 is 0 Å². The van der Waals surface area contributed by atoms with Crippen LogP contribution in [0.4, 0.5) is 0 Å². The molecule has 26 heavy (non-hydrogen) atoms. The van der Waals surface area contributed by atoms with E-state index in [0.717, 1.165) is 30.9 Å². The summed E-state index contributed by atoms with van der Waals surface area (Å²) in [5.41, 5.74) is 1.43. The van der Waals surface area contributed by atoms with Gasteiger partial charge in [0.15, 0.2) is 0 Å². The van der Waals surface area contributed by atoms with Crippen LogP contribution in [0.25, 0.3) is 0 Å². The first-order valence-corrected chi connectivity index (χ1v) is 10.8. The Bertz CT molecular complexity index is 700. The van der Waals surface area contributed by atoms with Crippen LogP contribution >= 0.6 is 11.3 Å². The summed E-state index contributed by atoms with van der Waals surface area (Å²) in [4.78, 5) is 18.4. The zero-order valence-electron chi connectivity index (χ0n) is 15.3. The Labute approximate surface area is 160 Å². The highest BCUT2D eigenvalue weighted by Crippen LogP contribution is 2.31. The van der Waals surface area contributed by atoms with Gasteiger partial charge in [-0.15, -0.1) is 11.3 Å². The molecule has 2 aromatic rings. The van der Waals surface area contributed by atoms with Crippen LogP contribution in [-0.4, -0.2) is 47.9 Å². The van der Waals surface area contributed by atoms with E-state index in [1.54, 1.807) is 11.3 Å². The van der Waals surface area contributed by atoms with Gasteiger partial charge >= 0.3 is 0 Å². The van der Waals surface area contributed by atoms with Gasteiger partial charge in [0.1, 0.15) is 0 Å². The number of carbonyl (C=O) groups excluding carboxylic acids is 1. The lowest BCUT2D eigenvalue weighted by Gasteiger charge is -2.30. The molecule has 1 aromatic carbocycles. The zero-order valence-corrected chi connectivity index (χ0v) is 16.2. The summed E-state index contributed by atoms with van der Waals surface area (Å²) >= 11 is 1.56. The topological polar surface area (TPSA) is 23.6 Å². The highest BCUT2D eigenvalue weighted by atomic mass is 32.1. The number of benzene rings is 1. The van der Waals surface area contributed by atoms with Crippen LogP contribution in [0.3, 0.4) is 0 Å². The number of amides is 1. The fourth-order valence-corrected chi connectivity index (χ4v) is 5.26. The van der Waals surface area contributed by atoms with Gasteiger partial charge in [0, 0.05) is 19.1 Å². The van der Waals surface area contributed by atoms with E-state index in [1.165, 1.54) is 37.8 Å². The van der Waals surface area contributed by atoms with E-state index in [0.29, 0.717) is 12.0 Å². The number of nitrogens with zero attached hydrogens (tertiary/aromatic N) is 2. The molecule has 4 heteroatoms.